The van der Waals surface area contributed by atoms with E-state index in [9.17, 15) is 0 Å². The molecule has 6 heteroatoms. The van der Waals surface area contributed by atoms with Crippen molar-refractivity contribution < 1.29 is 18.9 Å². The monoisotopic (exact) mass is 321 g/mol. The van der Waals surface area contributed by atoms with Gasteiger partial charge >= 0.3 is 0 Å². The topological polar surface area (TPSA) is 44.5 Å². The highest BCUT2D eigenvalue weighted by atomic mass is 32.1. The summed E-state index contributed by atoms with van der Waals surface area (Å²) in [5.41, 5.74) is 0.925. The van der Waals surface area contributed by atoms with Gasteiger partial charge in [0.2, 0.25) is 5.75 Å². The summed E-state index contributed by atoms with van der Waals surface area (Å²) in [6, 6.07) is 3.81. The molecule has 118 valence electrons. The maximum atomic E-state index is 5.48. The van der Waals surface area contributed by atoms with Gasteiger partial charge in [-0.3, -0.25) is 0 Å². The maximum Gasteiger partial charge on any atom is 0.289 e. The van der Waals surface area contributed by atoms with Crippen LogP contribution in [0.3, 0.4) is 0 Å². The van der Waals surface area contributed by atoms with Crippen LogP contribution >= 0.6 is 11.3 Å². The number of aromatic nitrogens is 2. The second-order valence-electron chi connectivity index (χ2n) is 4.53. The summed E-state index contributed by atoms with van der Waals surface area (Å²) >= 11 is 1.66. The van der Waals surface area contributed by atoms with Crippen LogP contribution in [0.5, 0.6) is 17.2 Å². The Morgan fingerprint density at radius 2 is 1.82 bits per heavy atom. The third-order valence-electron chi connectivity index (χ3n) is 3.21. The molecule has 1 heterocycles. The molecular weight excluding hydrogens is 300 g/mol. The Bertz CT molecular complexity index is 680. The Hall–Kier alpha value is -2.08. The van der Waals surface area contributed by atoms with Crippen molar-refractivity contribution in [1.29, 1.82) is 0 Å². The van der Waals surface area contributed by atoms with Crippen molar-refractivity contribution in [1.82, 2.24) is 5.10 Å². The van der Waals surface area contributed by atoms with Gasteiger partial charge in [0.15, 0.2) is 23.1 Å². The van der Waals surface area contributed by atoms with Gasteiger partial charge in [-0.05, 0) is 43.4 Å². The summed E-state index contributed by atoms with van der Waals surface area (Å²) in [5, 5.41) is 6.59. The molecule has 2 rings (SSSR count). The SMILES string of the molecule is CC[n+]1nc(C)sc1C=Cc1ccc(OC)c(OC)c1OC. The van der Waals surface area contributed by atoms with Crippen molar-refractivity contribution in [2.24, 2.45) is 0 Å². The lowest BCUT2D eigenvalue weighted by molar-refractivity contribution is -0.747. The predicted molar refractivity (Wildman–Crippen MR) is 87.7 cm³/mol. The predicted octanol–water partition coefficient (Wildman–Crippen LogP) is 2.96. The Morgan fingerprint density at radius 1 is 1.09 bits per heavy atom. The fourth-order valence-electron chi connectivity index (χ4n) is 2.21. The van der Waals surface area contributed by atoms with Gasteiger partial charge in [0.1, 0.15) is 0 Å². The average Bonchev–Trinajstić information content (AvgIpc) is 2.91. The van der Waals surface area contributed by atoms with E-state index in [0.29, 0.717) is 17.2 Å². The zero-order chi connectivity index (χ0) is 16.1. The summed E-state index contributed by atoms with van der Waals surface area (Å²) in [6.07, 6.45) is 4.04. The number of hydrogen-bond acceptors (Lipinski definition) is 5. The average molecular weight is 321 g/mol. The Kier molecular flexibility index (Phi) is 5.38. The summed E-state index contributed by atoms with van der Waals surface area (Å²) < 4.78 is 18.2. The molecule has 0 amide bonds. The molecule has 5 nitrogen and oxygen atoms in total. The van der Waals surface area contributed by atoms with Gasteiger partial charge in [-0.2, -0.15) is 0 Å². The van der Waals surface area contributed by atoms with Crippen molar-refractivity contribution in [2.75, 3.05) is 21.3 Å². The van der Waals surface area contributed by atoms with E-state index in [4.69, 9.17) is 14.2 Å². The number of ether oxygens (including phenoxy) is 3. The van der Waals surface area contributed by atoms with Crippen LogP contribution in [-0.2, 0) is 6.54 Å². The molecule has 0 fully saturated rings. The second-order valence-corrected chi connectivity index (χ2v) is 5.75. The first-order valence-electron chi connectivity index (χ1n) is 6.99. The van der Waals surface area contributed by atoms with Gasteiger partial charge in [-0.25, -0.2) is 0 Å². The van der Waals surface area contributed by atoms with Crippen LogP contribution in [0, 0.1) is 6.92 Å². The minimum absolute atomic E-state index is 0.594. The lowest BCUT2D eigenvalue weighted by Crippen LogP contribution is -2.36. The zero-order valence-electron chi connectivity index (χ0n) is 13.5. The Labute approximate surface area is 134 Å². The number of aryl methyl sites for hydroxylation is 2. The molecule has 0 unspecified atom stereocenters. The Morgan fingerprint density at radius 3 is 2.41 bits per heavy atom. The molecule has 0 spiro atoms. The zero-order valence-corrected chi connectivity index (χ0v) is 14.4. The minimum atomic E-state index is 0.594. The van der Waals surface area contributed by atoms with Gasteiger partial charge in [0.05, 0.1) is 21.3 Å². The molecule has 0 aliphatic heterocycles. The van der Waals surface area contributed by atoms with Gasteiger partial charge in [0.25, 0.3) is 5.01 Å². The van der Waals surface area contributed by atoms with Gasteiger partial charge < -0.3 is 14.2 Å². The molecule has 2 aromatic rings. The summed E-state index contributed by atoms with van der Waals surface area (Å²) in [7, 11) is 4.83. The van der Waals surface area contributed by atoms with Crippen LogP contribution in [0.2, 0.25) is 0 Å². The summed E-state index contributed by atoms with van der Waals surface area (Å²) in [5.74, 6) is 1.90. The van der Waals surface area contributed by atoms with Crippen molar-refractivity contribution in [3.8, 4) is 17.2 Å². The minimum Gasteiger partial charge on any atom is -0.493 e. The largest absolute Gasteiger partial charge is 0.493 e. The molecule has 1 aromatic carbocycles. The molecule has 22 heavy (non-hydrogen) atoms. The van der Waals surface area contributed by atoms with Crippen molar-refractivity contribution in [3.63, 3.8) is 0 Å². The van der Waals surface area contributed by atoms with Crippen LogP contribution < -0.4 is 18.9 Å². The third-order valence-corrected chi connectivity index (χ3v) is 4.14. The first kappa shape index (κ1) is 16.3. The highest BCUT2D eigenvalue weighted by molar-refractivity contribution is 7.11. The summed E-state index contributed by atoms with van der Waals surface area (Å²) in [4.78, 5) is 0. The molecule has 0 aliphatic carbocycles. The maximum absolute atomic E-state index is 5.48. The van der Waals surface area contributed by atoms with E-state index in [1.807, 2.05) is 35.9 Å². The molecule has 1 aromatic heterocycles. The molecule has 0 bridgehead atoms. The number of rotatable bonds is 6. The van der Waals surface area contributed by atoms with Gasteiger partial charge in [0, 0.05) is 16.7 Å². The molecule has 0 atom stereocenters. The first-order chi connectivity index (χ1) is 10.6. The van der Waals surface area contributed by atoms with Crippen molar-refractivity contribution in [3.05, 3.63) is 27.7 Å². The molecule has 0 saturated carbocycles. The molecule has 0 radical (unpaired) electrons. The van der Waals surface area contributed by atoms with Crippen LogP contribution in [0.15, 0.2) is 12.1 Å². The molecule has 0 aliphatic rings. The smallest absolute Gasteiger partial charge is 0.289 e. The molecule has 0 saturated heterocycles. The van der Waals surface area contributed by atoms with E-state index in [1.54, 1.807) is 32.7 Å². The van der Waals surface area contributed by atoms with E-state index in [2.05, 4.69) is 12.0 Å². The molecular formula is C16H21N2O3S+. The number of benzene rings is 1. The standard InChI is InChI=1S/C16H21N2O3S/c1-6-18-14(22-11(2)17-18)10-8-12-7-9-13(19-3)16(21-5)15(12)20-4/h7-10H,6H2,1-5H3/q+1. The Balaban J connectivity index is 2.42. The fourth-order valence-corrected chi connectivity index (χ4v) is 3.06. The van der Waals surface area contributed by atoms with Crippen LogP contribution in [-0.4, -0.2) is 26.4 Å². The number of nitrogens with zero attached hydrogens (tertiary/aromatic N) is 2. The van der Waals surface area contributed by atoms with Crippen LogP contribution in [0.4, 0.5) is 0 Å². The van der Waals surface area contributed by atoms with E-state index in [-0.39, 0.29) is 0 Å². The normalized spacial score (nSPS) is 11.0. The van der Waals surface area contributed by atoms with E-state index < -0.39 is 0 Å². The number of methoxy groups -OCH3 is 3. The van der Waals surface area contributed by atoms with E-state index in [1.165, 1.54) is 0 Å². The van der Waals surface area contributed by atoms with Crippen molar-refractivity contribution >= 4 is 23.5 Å². The second kappa shape index (κ2) is 7.26. The third kappa shape index (κ3) is 3.22. The van der Waals surface area contributed by atoms with Crippen molar-refractivity contribution in [2.45, 2.75) is 20.4 Å². The van der Waals surface area contributed by atoms with Crippen LogP contribution in [0.1, 0.15) is 22.5 Å². The van der Waals surface area contributed by atoms with E-state index in [0.717, 1.165) is 22.1 Å². The highest BCUT2D eigenvalue weighted by Gasteiger charge is 2.16. The summed E-state index contributed by atoms with van der Waals surface area (Å²) in [6.45, 7) is 4.92. The quantitative estimate of drug-likeness (QED) is 0.767. The van der Waals surface area contributed by atoms with Gasteiger partial charge in [-0.1, -0.05) is 4.68 Å². The lowest BCUT2D eigenvalue weighted by atomic mass is 10.1. The van der Waals surface area contributed by atoms with E-state index >= 15 is 0 Å². The van der Waals surface area contributed by atoms with Crippen LogP contribution in [0.25, 0.3) is 12.2 Å². The highest BCUT2D eigenvalue weighted by Crippen LogP contribution is 2.40. The molecule has 0 N–H and O–H groups in total. The fraction of sp³-hybridized carbons (Fsp3) is 0.375. The van der Waals surface area contributed by atoms with Gasteiger partial charge in [-0.15, -0.1) is 0 Å². The lowest BCUT2D eigenvalue weighted by Gasteiger charge is -2.13. The number of hydrogen-bond donors (Lipinski definition) is 0. The first-order valence-corrected chi connectivity index (χ1v) is 7.80.